The number of carbonyl (C=O) groups excluding carboxylic acids is 3. The highest BCUT2D eigenvalue weighted by Crippen LogP contribution is 2.47. The first-order valence-electron chi connectivity index (χ1n) is 8.88. The predicted octanol–water partition coefficient (Wildman–Crippen LogP) is 2.46. The molecular weight excluding hydrogens is 364 g/mol. The summed E-state index contributed by atoms with van der Waals surface area (Å²) in [5.74, 6) is -3.65. The summed E-state index contributed by atoms with van der Waals surface area (Å²) in [5.41, 5.74) is 0.694. The minimum atomic E-state index is -1.22. The first-order valence-corrected chi connectivity index (χ1v) is 8.88. The Morgan fingerprint density at radius 3 is 2.32 bits per heavy atom. The predicted molar refractivity (Wildman–Crippen MR) is 99.8 cm³/mol. The molecule has 1 aliphatic heterocycles. The topological polar surface area (TPSA) is 88.1 Å². The summed E-state index contributed by atoms with van der Waals surface area (Å²) in [6, 6.07) is 11.3. The number of methoxy groups -OCH3 is 3. The highest BCUT2D eigenvalue weighted by molar-refractivity contribution is 5.98. The van der Waals surface area contributed by atoms with E-state index in [1.165, 1.54) is 21.3 Å². The van der Waals surface area contributed by atoms with Gasteiger partial charge in [0.1, 0.15) is 5.75 Å². The molecule has 0 saturated heterocycles. The van der Waals surface area contributed by atoms with E-state index in [2.05, 4.69) is 0 Å². The molecule has 1 heterocycles. The van der Waals surface area contributed by atoms with Crippen LogP contribution in [-0.2, 0) is 28.6 Å². The second-order valence-electron chi connectivity index (χ2n) is 6.60. The van der Waals surface area contributed by atoms with Gasteiger partial charge < -0.3 is 18.9 Å². The van der Waals surface area contributed by atoms with E-state index >= 15 is 0 Å². The number of benzene rings is 2. The quantitative estimate of drug-likeness (QED) is 0.443. The molecule has 2 aromatic rings. The Morgan fingerprint density at radius 2 is 1.68 bits per heavy atom. The van der Waals surface area contributed by atoms with Crippen molar-refractivity contribution in [2.75, 3.05) is 27.9 Å². The van der Waals surface area contributed by atoms with Crippen LogP contribution in [-0.4, -0.2) is 45.8 Å². The number of fused-ring (bicyclic) bond motifs is 3. The molecule has 0 spiro atoms. The first-order chi connectivity index (χ1) is 13.5. The van der Waals surface area contributed by atoms with Gasteiger partial charge in [-0.3, -0.25) is 14.4 Å². The van der Waals surface area contributed by atoms with E-state index in [1.54, 1.807) is 0 Å². The van der Waals surface area contributed by atoms with Gasteiger partial charge >= 0.3 is 17.9 Å². The third-order valence-electron chi connectivity index (χ3n) is 5.15. The molecule has 148 valence electrons. The molecule has 7 heteroatoms. The lowest BCUT2D eigenvalue weighted by Gasteiger charge is -2.36. The van der Waals surface area contributed by atoms with Gasteiger partial charge in [0.05, 0.1) is 34.4 Å². The van der Waals surface area contributed by atoms with E-state index < -0.39 is 35.7 Å². The van der Waals surface area contributed by atoms with E-state index in [9.17, 15) is 14.4 Å². The second-order valence-corrected chi connectivity index (χ2v) is 6.60. The van der Waals surface area contributed by atoms with Gasteiger partial charge in [-0.15, -0.1) is 0 Å². The zero-order chi connectivity index (χ0) is 20.3. The van der Waals surface area contributed by atoms with Crippen molar-refractivity contribution in [3.05, 3.63) is 42.0 Å². The highest BCUT2D eigenvalue weighted by atomic mass is 16.5. The number of ether oxygens (including phenoxy) is 4. The molecular formula is C21H22O7. The first kappa shape index (κ1) is 19.7. The van der Waals surface area contributed by atoms with Crippen LogP contribution < -0.4 is 4.74 Å². The monoisotopic (exact) mass is 386 g/mol. The van der Waals surface area contributed by atoms with Gasteiger partial charge in [-0.1, -0.05) is 30.3 Å². The SMILES string of the molecule is COC(=O)CC1COc2ccc3ccccc3c2C1C(C(=O)OC)C(=O)OC. The van der Waals surface area contributed by atoms with Crippen molar-refractivity contribution < 1.29 is 33.3 Å². The lowest BCUT2D eigenvalue weighted by atomic mass is 9.72. The van der Waals surface area contributed by atoms with Crippen LogP contribution in [0.3, 0.4) is 0 Å². The molecule has 3 rings (SSSR count). The minimum Gasteiger partial charge on any atom is -0.493 e. The zero-order valence-corrected chi connectivity index (χ0v) is 16.0. The lowest BCUT2D eigenvalue weighted by Crippen LogP contribution is -2.40. The number of carbonyl (C=O) groups is 3. The number of hydrogen-bond donors (Lipinski definition) is 0. The molecule has 1 aliphatic rings. The van der Waals surface area contributed by atoms with Gasteiger partial charge in [-0.2, -0.15) is 0 Å². The van der Waals surface area contributed by atoms with Crippen molar-refractivity contribution in [1.82, 2.24) is 0 Å². The van der Waals surface area contributed by atoms with Crippen molar-refractivity contribution >= 4 is 28.7 Å². The second kappa shape index (κ2) is 8.29. The Morgan fingerprint density at radius 1 is 1.00 bits per heavy atom. The van der Waals surface area contributed by atoms with Gasteiger partial charge in [0, 0.05) is 17.4 Å². The molecule has 2 aromatic carbocycles. The summed E-state index contributed by atoms with van der Waals surface area (Å²) < 4.78 is 20.5. The minimum absolute atomic E-state index is 0.00564. The van der Waals surface area contributed by atoms with Gasteiger partial charge in [0.25, 0.3) is 0 Å². The molecule has 0 aliphatic carbocycles. The third-order valence-corrected chi connectivity index (χ3v) is 5.15. The molecule has 2 atom stereocenters. The van der Waals surface area contributed by atoms with Crippen molar-refractivity contribution in [3.8, 4) is 5.75 Å². The Kier molecular flexibility index (Phi) is 5.82. The van der Waals surface area contributed by atoms with E-state index in [4.69, 9.17) is 18.9 Å². The van der Waals surface area contributed by atoms with Crippen LogP contribution in [0.1, 0.15) is 17.9 Å². The smallest absolute Gasteiger partial charge is 0.320 e. The molecule has 0 bridgehead atoms. The summed E-state index contributed by atoms with van der Waals surface area (Å²) in [6.07, 6.45) is -0.00564. The molecule has 7 nitrogen and oxygen atoms in total. The molecule has 28 heavy (non-hydrogen) atoms. The standard InChI is InChI=1S/C21H22O7/c1-25-16(22)10-13-11-28-15-9-8-12-6-4-5-7-14(12)18(15)17(13)19(20(23)26-2)21(24)27-3/h4-9,13,17,19H,10-11H2,1-3H3. The van der Waals surface area contributed by atoms with Crippen LogP contribution in [0.5, 0.6) is 5.75 Å². The molecule has 0 aromatic heterocycles. The molecule has 0 N–H and O–H groups in total. The largest absolute Gasteiger partial charge is 0.493 e. The maximum Gasteiger partial charge on any atom is 0.320 e. The maximum absolute atomic E-state index is 12.6. The average molecular weight is 386 g/mol. The van der Waals surface area contributed by atoms with Crippen molar-refractivity contribution in [1.29, 1.82) is 0 Å². The lowest BCUT2D eigenvalue weighted by molar-refractivity contribution is -0.162. The van der Waals surface area contributed by atoms with Crippen LogP contribution in [0.2, 0.25) is 0 Å². The summed E-state index contributed by atoms with van der Waals surface area (Å²) >= 11 is 0. The summed E-state index contributed by atoms with van der Waals surface area (Å²) in [7, 11) is 3.73. The van der Waals surface area contributed by atoms with Crippen LogP contribution in [0, 0.1) is 11.8 Å². The highest BCUT2D eigenvalue weighted by Gasteiger charge is 2.46. The molecule has 0 amide bonds. The van der Waals surface area contributed by atoms with Crippen LogP contribution in [0.4, 0.5) is 0 Å². The van der Waals surface area contributed by atoms with Crippen LogP contribution in [0.25, 0.3) is 10.8 Å². The van der Waals surface area contributed by atoms with E-state index in [1.807, 2.05) is 36.4 Å². The fourth-order valence-electron chi connectivity index (χ4n) is 3.85. The fourth-order valence-corrected chi connectivity index (χ4v) is 3.85. The fraction of sp³-hybridized carbons (Fsp3) is 0.381. The van der Waals surface area contributed by atoms with E-state index in [0.29, 0.717) is 11.3 Å². The normalized spacial score (nSPS) is 18.1. The van der Waals surface area contributed by atoms with Gasteiger partial charge in [0.2, 0.25) is 0 Å². The maximum atomic E-state index is 12.6. The Labute approximate surface area is 162 Å². The van der Waals surface area contributed by atoms with Crippen LogP contribution >= 0.6 is 0 Å². The van der Waals surface area contributed by atoms with Gasteiger partial charge in [-0.05, 0) is 16.8 Å². The third kappa shape index (κ3) is 3.52. The summed E-state index contributed by atoms with van der Waals surface area (Å²) in [4.78, 5) is 37.1. The van der Waals surface area contributed by atoms with E-state index in [-0.39, 0.29) is 13.0 Å². The average Bonchev–Trinajstić information content (AvgIpc) is 2.74. The Balaban J connectivity index is 2.22. The van der Waals surface area contributed by atoms with Gasteiger partial charge in [0.15, 0.2) is 5.92 Å². The number of hydrogen-bond acceptors (Lipinski definition) is 7. The molecule has 2 unspecified atom stereocenters. The van der Waals surface area contributed by atoms with Crippen LogP contribution in [0.15, 0.2) is 36.4 Å². The molecule has 0 radical (unpaired) electrons. The number of rotatable bonds is 5. The van der Waals surface area contributed by atoms with Gasteiger partial charge in [-0.25, -0.2) is 0 Å². The van der Waals surface area contributed by atoms with Crippen molar-refractivity contribution in [2.45, 2.75) is 12.3 Å². The summed E-state index contributed by atoms with van der Waals surface area (Å²) in [5, 5.41) is 1.78. The molecule has 0 fully saturated rings. The van der Waals surface area contributed by atoms with E-state index in [0.717, 1.165) is 10.8 Å². The number of esters is 3. The Hall–Kier alpha value is -3.09. The molecule has 0 saturated carbocycles. The van der Waals surface area contributed by atoms with Crippen molar-refractivity contribution in [2.24, 2.45) is 11.8 Å². The van der Waals surface area contributed by atoms with Crippen molar-refractivity contribution in [3.63, 3.8) is 0 Å². The Bertz CT molecular complexity index is 889. The zero-order valence-electron chi connectivity index (χ0n) is 16.0. The summed E-state index contributed by atoms with van der Waals surface area (Å²) in [6.45, 7) is 0.162.